The van der Waals surface area contributed by atoms with Gasteiger partial charge in [-0.15, -0.1) is 15.3 Å². The van der Waals surface area contributed by atoms with Gasteiger partial charge in [-0.3, -0.25) is 0 Å². The second-order valence-corrected chi connectivity index (χ2v) is 4.90. The Kier molecular flexibility index (Phi) is 3.69. The smallest absolute Gasteiger partial charge is 0.247 e. The van der Waals surface area contributed by atoms with E-state index < -0.39 is 0 Å². The quantitative estimate of drug-likeness (QED) is 0.557. The number of ether oxygens (including phenoxy) is 1. The molecule has 2 aromatic carbocycles. The van der Waals surface area contributed by atoms with Crippen molar-refractivity contribution in [2.45, 2.75) is 6.61 Å². The minimum atomic E-state index is 0.252. The molecule has 2 heterocycles. The van der Waals surface area contributed by atoms with E-state index in [0.29, 0.717) is 17.5 Å². The Hall–Kier alpha value is -3.55. The second kappa shape index (κ2) is 6.29. The monoisotopic (exact) mass is 320 g/mol. The number of hydrogen-bond donors (Lipinski definition) is 0. The van der Waals surface area contributed by atoms with Crippen molar-refractivity contribution in [3.8, 4) is 22.9 Å². The van der Waals surface area contributed by atoms with E-state index in [-0.39, 0.29) is 6.61 Å². The Labute approximate surface area is 136 Å². The van der Waals surface area contributed by atoms with E-state index in [0.717, 1.165) is 11.3 Å². The van der Waals surface area contributed by atoms with E-state index >= 15 is 0 Å². The molecule has 118 valence electrons. The maximum Gasteiger partial charge on any atom is 0.247 e. The van der Waals surface area contributed by atoms with Crippen molar-refractivity contribution in [2.75, 3.05) is 0 Å². The van der Waals surface area contributed by atoms with Gasteiger partial charge in [0.15, 0.2) is 5.82 Å². The van der Waals surface area contributed by atoms with Crippen LogP contribution in [0.15, 0.2) is 65.4 Å². The lowest BCUT2D eigenvalue weighted by atomic mass is 10.2. The zero-order valence-corrected chi connectivity index (χ0v) is 12.5. The molecule has 24 heavy (non-hydrogen) atoms. The molecule has 0 aliphatic heterocycles. The Bertz CT molecular complexity index is 903. The maximum absolute atomic E-state index is 5.75. The van der Waals surface area contributed by atoms with Crippen molar-refractivity contribution < 1.29 is 9.15 Å². The number of rotatable bonds is 5. The average Bonchev–Trinajstić information content (AvgIpc) is 3.33. The van der Waals surface area contributed by atoms with Crippen LogP contribution in [0.25, 0.3) is 17.1 Å². The Morgan fingerprint density at radius 1 is 0.958 bits per heavy atom. The lowest BCUT2D eigenvalue weighted by Crippen LogP contribution is -2.06. The van der Waals surface area contributed by atoms with Gasteiger partial charge in [-0.25, -0.2) is 0 Å². The fourth-order valence-corrected chi connectivity index (χ4v) is 2.21. The van der Waals surface area contributed by atoms with Gasteiger partial charge < -0.3 is 9.15 Å². The number of hydrogen-bond acceptors (Lipinski definition) is 7. The molecular weight excluding hydrogens is 308 g/mol. The number of nitrogens with zero attached hydrogens (tertiary/aromatic N) is 6. The summed E-state index contributed by atoms with van der Waals surface area (Å²) in [6.07, 6.45) is 1.29. The summed E-state index contributed by atoms with van der Waals surface area (Å²) in [6, 6.07) is 17.0. The predicted molar refractivity (Wildman–Crippen MR) is 83.2 cm³/mol. The lowest BCUT2D eigenvalue weighted by Gasteiger charge is -2.07. The maximum atomic E-state index is 5.75. The van der Waals surface area contributed by atoms with Gasteiger partial charge >= 0.3 is 0 Å². The van der Waals surface area contributed by atoms with E-state index in [2.05, 4.69) is 25.7 Å². The first-order valence-electron chi connectivity index (χ1n) is 7.22. The van der Waals surface area contributed by atoms with Crippen LogP contribution in [0.4, 0.5) is 0 Å². The van der Waals surface area contributed by atoms with Gasteiger partial charge in [0.05, 0.1) is 5.69 Å². The van der Waals surface area contributed by atoms with Crippen molar-refractivity contribution in [3.05, 3.63) is 66.8 Å². The van der Waals surface area contributed by atoms with Crippen molar-refractivity contribution in [3.63, 3.8) is 0 Å². The van der Waals surface area contributed by atoms with Crippen molar-refractivity contribution in [1.82, 2.24) is 30.4 Å². The van der Waals surface area contributed by atoms with Crippen molar-refractivity contribution >= 4 is 0 Å². The normalized spacial score (nSPS) is 10.7. The topological polar surface area (TPSA) is 91.8 Å². The van der Waals surface area contributed by atoms with E-state index in [1.54, 1.807) is 4.68 Å². The first kappa shape index (κ1) is 14.1. The fourth-order valence-electron chi connectivity index (χ4n) is 2.21. The summed E-state index contributed by atoms with van der Waals surface area (Å²) in [7, 11) is 0. The van der Waals surface area contributed by atoms with E-state index in [1.807, 2.05) is 54.6 Å². The highest BCUT2D eigenvalue weighted by Gasteiger charge is 2.09. The number of benzene rings is 2. The molecule has 8 nitrogen and oxygen atoms in total. The van der Waals surface area contributed by atoms with E-state index in [1.165, 1.54) is 6.39 Å². The van der Waals surface area contributed by atoms with Gasteiger partial charge in [0.25, 0.3) is 0 Å². The summed E-state index contributed by atoms with van der Waals surface area (Å²) in [5, 5.41) is 19.2. The molecule has 0 spiro atoms. The summed E-state index contributed by atoms with van der Waals surface area (Å²) in [6.45, 7) is 0.252. The van der Waals surface area contributed by atoms with E-state index in [9.17, 15) is 0 Å². The van der Waals surface area contributed by atoms with Crippen LogP contribution in [-0.2, 0) is 6.61 Å². The summed E-state index contributed by atoms with van der Waals surface area (Å²) < 4.78 is 12.6. The van der Waals surface area contributed by atoms with Crippen molar-refractivity contribution in [2.24, 2.45) is 0 Å². The van der Waals surface area contributed by atoms with Crippen LogP contribution in [-0.4, -0.2) is 30.4 Å². The van der Waals surface area contributed by atoms with Gasteiger partial charge in [0, 0.05) is 5.56 Å². The van der Waals surface area contributed by atoms with Crippen molar-refractivity contribution in [1.29, 1.82) is 0 Å². The average molecular weight is 320 g/mol. The first-order valence-corrected chi connectivity index (χ1v) is 7.22. The third-order valence-electron chi connectivity index (χ3n) is 3.36. The Balaban J connectivity index is 1.47. The molecule has 0 unspecified atom stereocenters. The van der Waals surface area contributed by atoms with Crippen LogP contribution < -0.4 is 4.74 Å². The molecule has 4 rings (SSSR count). The zero-order chi connectivity index (χ0) is 16.2. The predicted octanol–water partition coefficient (Wildman–Crippen LogP) is 2.29. The third kappa shape index (κ3) is 2.84. The Morgan fingerprint density at radius 2 is 1.79 bits per heavy atom. The molecule has 4 aromatic rings. The van der Waals surface area contributed by atoms with Gasteiger partial charge in [0.2, 0.25) is 12.3 Å². The molecule has 8 heteroatoms. The summed E-state index contributed by atoms with van der Waals surface area (Å²) >= 11 is 0. The second-order valence-electron chi connectivity index (χ2n) is 4.90. The minimum absolute atomic E-state index is 0.252. The molecule has 0 aliphatic rings. The molecule has 2 aromatic heterocycles. The summed E-state index contributed by atoms with van der Waals surface area (Å²) in [5.41, 5.74) is 1.71. The molecule has 0 N–H and O–H groups in total. The molecule has 0 fully saturated rings. The van der Waals surface area contributed by atoms with Crippen LogP contribution in [0.1, 0.15) is 5.82 Å². The van der Waals surface area contributed by atoms with Crippen LogP contribution in [0.2, 0.25) is 0 Å². The molecule has 0 saturated carbocycles. The number of para-hydroxylation sites is 1. The van der Waals surface area contributed by atoms with Crippen LogP contribution in [0.5, 0.6) is 5.75 Å². The number of aromatic nitrogens is 6. The molecule has 0 aliphatic carbocycles. The molecular formula is C16H12N6O2. The number of tetrazole rings is 1. The summed E-state index contributed by atoms with van der Waals surface area (Å²) in [4.78, 5) is 0. The third-order valence-corrected chi connectivity index (χ3v) is 3.36. The van der Waals surface area contributed by atoms with Crippen LogP contribution in [0.3, 0.4) is 0 Å². The van der Waals surface area contributed by atoms with Crippen LogP contribution in [0, 0.1) is 0 Å². The molecule has 0 radical (unpaired) electrons. The standard InChI is InChI=1S/C16H12N6O2/c1-2-4-13(5-3-1)22-15(18-20-21-22)10-23-14-8-6-12(7-9-14)16-19-17-11-24-16/h1-9,11H,10H2. The van der Waals surface area contributed by atoms with Crippen LogP contribution >= 0.6 is 0 Å². The minimum Gasteiger partial charge on any atom is -0.486 e. The highest BCUT2D eigenvalue weighted by molar-refractivity contribution is 5.53. The van der Waals surface area contributed by atoms with Gasteiger partial charge in [-0.1, -0.05) is 18.2 Å². The molecule has 0 atom stereocenters. The lowest BCUT2D eigenvalue weighted by molar-refractivity contribution is 0.292. The van der Waals surface area contributed by atoms with Gasteiger partial charge in [-0.05, 0) is 46.8 Å². The molecule has 0 saturated heterocycles. The zero-order valence-electron chi connectivity index (χ0n) is 12.5. The largest absolute Gasteiger partial charge is 0.486 e. The van der Waals surface area contributed by atoms with E-state index in [4.69, 9.17) is 9.15 Å². The summed E-state index contributed by atoms with van der Waals surface area (Å²) in [5.74, 6) is 1.78. The first-order chi connectivity index (χ1) is 11.9. The van der Waals surface area contributed by atoms with Gasteiger partial charge in [0.1, 0.15) is 12.4 Å². The molecule has 0 bridgehead atoms. The highest BCUT2D eigenvalue weighted by atomic mass is 16.5. The Morgan fingerprint density at radius 3 is 2.54 bits per heavy atom. The SMILES string of the molecule is c1ccc(-n2nnnc2COc2ccc(-c3nnco3)cc2)cc1. The fraction of sp³-hybridized carbons (Fsp3) is 0.0625. The van der Waals surface area contributed by atoms with Gasteiger partial charge in [-0.2, -0.15) is 4.68 Å². The highest BCUT2D eigenvalue weighted by Crippen LogP contribution is 2.20. The molecule has 0 amide bonds.